The van der Waals surface area contributed by atoms with Gasteiger partial charge in [0.1, 0.15) is 12.4 Å². The molecule has 1 N–H and O–H groups in total. The van der Waals surface area contributed by atoms with Gasteiger partial charge in [0.25, 0.3) is 5.82 Å². The minimum Gasteiger partial charge on any atom is -0.248 e. The van der Waals surface area contributed by atoms with Gasteiger partial charge in [0.15, 0.2) is 0 Å². The van der Waals surface area contributed by atoms with Crippen LogP contribution in [-0.2, 0) is 13.0 Å². The number of hydrogen-bond acceptors (Lipinski definition) is 1. The predicted octanol–water partition coefficient (Wildman–Crippen LogP) is 1.95. The number of rotatable bonds is 6. The average Bonchev–Trinajstić information content (AvgIpc) is 2.63. The summed E-state index contributed by atoms with van der Waals surface area (Å²) in [6.07, 6.45) is 9.16. The van der Waals surface area contributed by atoms with Crippen LogP contribution in [0.25, 0.3) is 0 Å². The van der Waals surface area contributed by atoms with Gasteiger partial charge in [-0.15, -0.1) is 0 Å². The minimum atomic E-state index is 0.644. The van der Waals surface area contributed by atoms with Crippen molar-refractivity contribution in [1.82, 2.24) is 4.98 Å². The summed E-state index contributed by atoms with van der Waals surface area (Å²) in [5.74, 6) is 1.28. The molecule has 0 aliphatic rings. The molecule has 0 aliphatic carbocycles. The third-order valence-electron chi connectivity index (χ3n) is 2.31. The van der Waals surface area contributed by atoms with E-state index in [0.29, 0.717) is 6.42 Å². The van der Waals surface area contributed by atoms with E-state index in [9.17, 15) is 0 Å². The van der Waals surface area contributed by atoms with Crippen molar-refractivity contribution in [2.45, 2.75) is 45.6 Å². The lowest BCUT2D eigenvalue weighted by Crippen LogP contribution is -2.36. The van der Waals surface area contributed by atoms with Crippen molar-refractivity contribution in [1.29, 1.82) is 5.26 Å². The van der Waals surface area contributed by atoms with Crippen molar-refractivity contribution >= 4 is 0 Å². The van der Waals surface area contributed by atoms with Crippen LogP contribution in [-0.4, -0.2) is 4.98 Å². The smallest absolute Gasteiger partial charge is 0.248 e. The largest absolute Gasteiger partial charge is 0.254 e. The van der Waals surface area contributed by atoms with Crippen molar-refractivity contribution in [3.63, 3.8) is 0 Å². The predicted molar refractivity (Wildman–Crippen MR) is 54.4 cm³/mol. The van der Waals surface area contributed by atoms with Crippen molar-refractivity contribution < 1.29 is 4.57 Å². The van der Waals surface area contributed by atoms with Gasteiger partial charge in [-0.2, -0.15) is 5.26 Å². The summed E-state index contributed by atoms with van der Waals surface area (Å²) in [6.45, 7) is 3.15. The molecule has 0 saturated carbocycles. The van der Waals surface area contributed by atoms with Gasteiger partial charge in [-0.3, -0.25) is 0 Å². The van der Waals surface area contributed by atoms with Crippen molar-refractivity contribution in [2.75, 3.05) is 0 Å². The summed E-state index contributed by atoms with van der Waals surface area (Å²) in [7, 11) is 0. The third-order valence-corrected chi connectivity index (χ3v) is 2.31. The molecule has 0 amide bonds. The Morgan fingerprint density at radius 2 is 2.36 bits per heavy atom. The molecule has 76 valence electrons. The Labute approximate surface area is 85.4 Å². The maximum Gasteiger partial charge on any atom is 0.254 e. The summed E-state index contributed by atoms with van der Waals surface area (Å²) < 4.78 is 2.22. The van der Waals surface area contributed by atoms with Gasteiger partial charge in [-0.25, -0.2) is 9.55 Å². The van der Waals surface area contributed by atoms with Gasteiger partial charge in [0.05, 0.1) is 12.6 Å². The number of hydrogen-bond donors (Lipinski definition) is 1. The molecule has 0 bridgehead atoms. The van der Waals surface area contributed by atoms with Gasteiger partial charge in [0.2, 0.25) is 0 Å². The second kappa shape index (κ2) is 6.20. The molecule has 3 heteroatoms. The number of H-pyrrole nitrogens is 1. The standard InChI is InChI=1S/C11H17N3/c1-2-3-6-11-13-8-10-14(11)9-5-4-7-12/h8,10H,2-6,9H2,1H3/p+1. The van der Waals surface area contributed by atoms with Crippen LogP contribution >= 0.6 is 0 Å². The van der Waals surface area contributed by atoms with Crippen LogP contribution in [0.4, 0.5) is 0 Å². The molecule has 14 heavy (non-hydrogen) atoms. The molecule has 0 aliphatic heterocycles. The molecule has 1 aromatic rings. The highest BCUT2D eigenvalue weighted by atomic mass is 15.1. The first-order valence-corrected chi connectivity index (χ1v) is 5.31. The molecule has 3 nitrogen and oxygen atoms in total. The normalized spacial score (nSPS) is 10.0. The molecule has 0 atom stereocenters. The van der Waals surface area contributed by atoms with E-state index in [4.69, 9.17) is 5.26 Å². The Balaban J connectivity index is 2.42. The van der Waals surface area contributed by atoms with Crippen LogP contribution in [0.3, 0.4) is 0 Å². The van der Waals surface area contributed by atoms with Gasteiger partial charge in [-0.1, -0.05) is 13.3 Å². The molecule has 1 heterocycles. The fourth-order valence-electron chi connectivity index (χ4n) is 1.49. The van der Waals surface area contributed by atoms with Gasteiger partial charge in [-0.05, 0) is 12.8 Å². The molecule has 0 aromatic carbocycles. The summed E-state index contributed by atoms with van der Waals surface area (Å²) in [5.41, 5.74) is 0. The maximum absolute atomic E-state index is 8.44. The lowest BCUT2D eigenvalue weighted by molar-refractivity contribution is -0.703. The second-order valence-electron chi connectivity index (χ2n) is 3.47. The number of aryl methyl sites for hydroxylation is 2. The molecule has 0 unspecified atom stereocenters. The Kier molecular flexibility index (Phi) is 4.77. The highest BCUT2D eigenvalue weighted by Crippen LogP contribution is 1.97. The zero-order chi connectivity index (χ0) is 10.2. The average molecular weight is 192 g/mol. The number of nitrogens with zero attached hydrogens (tertiary/aromatic N) is 2. The molecule has 0 radical (unpaired) electrons. The number of aromatic nitrogens is 2. The van der Waals surface area contributed by atoms with Crippen molar-refractivity contribution in [2.24, 2.45) is 0 Å². The molecular weight excluding hydrogens is 174 g/mol. The fraction of sp³-hybridized carbons (Fsp3) is 0.636. The molecule has 0 saturated heterocycles. The van der Waals surface area contributed by atoms with Crippen LogP contribution in [0.2, 0.25) is 0 Å². The second-order valence-corrected chi connectivity index (χ2v) is 3.47. The zero-order valence-corrected chi connectivity index (χ0v) is 8.79. The SMILES string of the molecule is CCCCc1[nH]cc[n+]1CCCC#N. The quantitative estimate of drug-likeness (QED) is 0.543. The van der Waals surface area contributed by atoms with Gasteiger partial charge < -0.3 is 0 Å². The first-order chi connectivity index (χ1) is 6.88. The van der Waals surface area contributed by atoms with Crippen LogP contribution in [0.15, 0.2) is 12.4 Å². The molecule has 0 spiro atoms. The van der Waals surface area contributed by atoms with Gasteiger partial charge >= 0.3 is 0 Å². The monoisotopic (exact) mass is 192 g/mol. The van der Waals surface area contributed by atoms with Crippen molar-refractivity contribution in [3.8, 4) is 6.07 Å². The Bertz CT molecular complexity index is 296. The van der Waals surface area contributed by atoms with E-state index in [1.165, 1.54) is 18.7 Å². The van der Waals surface area contributed by atoms with E-state index in [2.05, 4.69) is 28.7 Å². The van der Waals surface area contributed by atoms with E-state index < -0.39 is 0 Å². The van der Waals surface area contributed by atoms with Gasteiger partial charge in [0, 0.05) is 12.8 Å². The molecule has 1 rings (SSSR count). The number of imidazole rings is 1. The Morgan fingerprint density at radius 3 is 3.07 bits per heavy atom. The first-order valence-electron chi connectivity index (χ1n) is 5.31. The van der Waals surface area contributed by atoms with Crippen LogP contribution in [0, 0.1) is 11.3 Å². The Morgan fingerprint density at radius 1 is 1.50 bits per heavy atom. The highest BCUT2D eigenvalue weighted by Gasteiger charge is 2.08. The lowest BCUT2D eigenvalue weighted by atomic mass is 10.2. The number of nitrogens with one attached hydrogen (secondary N) is 1. The lowest BCUT2D eigenvalue weighted by Gasteiger charge is -1.98. The number of nitriles is 1. The topological polar surface area (TPSA) is 43.5 Å². The number of unbranched alkanes of at least 4 members (excludes halogenated alkanes) is 2. The van der Waals surface area contributed by atoms with Crippen LogP contribution in [0.1, 0.15) is 38.4 Å². The summed E-state index contributed by atoms with van der Waals surface area (Å²) >= 11 is 0. The summed E-state index contributed by atoms with van der Waals surface area (Å²) in [4.78, 5) is 3.25. The van der Waals surface area contributed by atoms with E-state index in [0.717, 1.165) is 19.4 Å². The maximum atomic E-state index is 8.44. The van der Waals surface area contributed by atoms with Crippen LogP contribution < -0.4 is 4.57 Å². The zero-order valence-electron chi connectivity index (χ0n) is 8.79. The van der Waals surface area contributed by atoms with E-state index in [-0.39, 0.29) is 0 Å². The molecule has 0 fully saturated rings. The van der Waals surface area contributed by atoms with E-state index in [1.807, 2.05) is 6.20 Å². The molecule has 1 aromatic heterocycles. The van der Waals surface area contributed by atoms with E-state index in [1.54, 1.807) is 0 Å². The first kappa shape index (κ1) is 10.8. The number of aromatic amines is 1. The summed E-state index contributed by atoms with van der Waals surface area (Å²) in [6, 6.07) is 2.17. The van der Waals surface area contributed by atoms with Crippen molar-refractivity contribution in [3.05, 3.63) is 18.2 Å². The Hall–Kier alpha value is -1.30. The summed E-state index contributed by atoms with van der Waals surface area (Å²) in [5, 5.41) is 8.44. The highest BCUT2D eigenvalue weighted by molar-refractivity contribution is 4.77. The van der Waals surface area contributed by atoms with E-state index >= 15 is 0 Å². The third kappa shape index (κ3) is 3.21. The fourth-order valence-corrected chi connectivity index (χ4v) is 1.49. The minimum absolute atomic E-state index is 0.644. The molecular formula is C11H18N3+. The van der Waals surface area contributed by atoms with Crippen LogP contribution in [0.5, 0.6) is 0 Å².